The smallest absolute Gasteiger partial charge is 0.270 e. The Bertz CT molecular complexity index is 754. The fourth-order valence-corrected chi connectivity index (χ4v) is 3.32. The first-order chi connectivity index (χ1) is 12.0. The van der Waals surface area contributed by atoms with Crippen LogP contribution in [0.5, 0.6) is 0 Å². The molecule has 3 rings (SSSR count). The van der Waals surface area contributed by atoms with Crippen molar-refractivity contribution in [1.82, 2.24) is 20.2 Å². The van der Waals surface area contributed by atoms with Crippen LogP contribution in [0.4, 0.5) is 0 Å². The Morgan fingerprint density at radius 2 is 2.24 bits per heavy atom. The second-order valence-electron chi connectivity index (χ2n) is 6.68. The lowest BCUT2D eigenvalue weighted by Crippen LogP contribution is -2.45. The number of hydrogen-bond acceptors (Lipinski definition) is 3. The van der Waals surface area contributed by atoms with Crippen molar-refractivity contribution >= 4 is 11.8 Å². The molecular formula is C19H24N4O2. The van der Waals surface area contributed by atoms with Crippen LogP contribution < -0.4 is 5.32 Å². The van der Waals surface area contributed by atoms with Crippen LogP contribution in [0.1, 0.15) is 40.2 Å². The maximum Gasteiger partial charge on any atom is 0.270 e. The molecule has 0 radical (unpaired) electrons. The first-order valence-electron chi connectivity index (χ1n) is 8.66. The van der Waals surface area contributed by atoms with Crippen LogP contribution in [-0.2, 0) is 11.3 Å². The van der Waals surface area contributed by atoms with Crippen molar-refractivity contribution in [2.75, 3.05) is 13.1 Å². The number of amides is 2. The fraction of sp³-hybridized carbons (Fsp3) is 0.421. The maximum absolute atomic E-state index is 12.7. The van der Waals surface area contributed by atoms with E-state index in [1.165, 1.54) is 0 Å². The summed E-state index contributed by atoms with van der Waals surface area (Å²) in [5.41, 5.74) is 3.53. The van der Waals surface area contributed by atoms with Gasteiger partial charge in [0.15, 0.2) is 0 Å². The Kier molecular flexibility index (Phi) is 5.16. The molecule has 2 aromatic rings. The number of rotatable bonds is 4. The SMILES string of the molecule is Cc1cc(C)c(C(=O)N2CCC[C@@H](C(=O)NCc3cccnc3)C2)[nH]1. The summed E-state index contributed by atoms with van der Waals surface area (Å²) in [6.45, 7) is 5.50. The van der Waals surface area contributed by atoms with Crippen molar-refractivity contribution in [1.29, 1.82) is 0 Å². The van der Waals surface area contributed by atoms with Gasteiger partial charge in [-0.25, -0.2) is 0 Å². The molecule has 1 atom stereocenters. The molecule has 2 amide bonds. The number of hydrogen-bond donors (Lipinski definition) is 2. The second kappa shape index (κ2) is 7.51. The third-order valence-electron chi connectivity index (χ3n) is 4.63. The van der Waals surface area contributed by atoms with Gasteiger partial charge in [0.25, 0.3) is 5.91 Å². The van der Waals surface area contributed by atoms with Crippen molar-refractivity contribution in [3.8, 4) is 0 Å². The van der Waals surface area contributed by atoms with E-state index in [0.717, 1.165) is 29.7 Å². The summed E-state index contributed by atoms with van der Waals surface area (Å²) in [6.07, 6.45) is 5.11. The molecule has 2 aromatic heterocycles. The van der Waals surface area contributed by atoms with Gasteiger partial charge in [-0.1, -0.05) is 6.07 Å². The summed E-state index contributed by atoms with van der Waals surface area (Å²) in [7, 11) is 0. The van der Waals surface area contributed by atoms with Gasteiger partial charge in [0.05, 0.1) is 5.92 Å². The molecule has 3 heterocycles. The number of likely N-dealkylation sites (tertiary alicyclic amines) is 1. The van der Waals surface area contributed by atoms with Gasteiger partial charge in [-0.3, -0.25) is 14.6 Å². The highest BCUT2D eigenvalue weighted by molar-refractivity contribution is 5.94. The largest absolute Gasteiger partial charge is 0.354 e. The molecule has 0 saturated carbocycles. The van der Waals surface area contributed by atoms with Gasteiger partial charge < -0.3 is 15.2 Å². The zero-order valence-corrected chi connectivity index (χ0v) is 14.7. The third kappa shape index (κ3) is 4.07. The van der Waals surface area contributed by atoms with E-state index in [9.17, 15) is 9.59 Å². The monoisotopic (exact) mass is 340 g/mol. The summed E-state index contributed by atoms with van der Waals surface area (Å²) < 4.78 is 0. The van der Waals surface area contributed by atoms with Crippen LogP contribution in [0.15, 0.2) is 30.6 Å². The highest BCUT2D eigenvalue weighted by Gasteiger charge is 2.29. The minimum Gasteiger partial charge on any atom is -0.354 e. The lowest BCUT2D eigenvalue weighted by molar-refractivity contribution is -0.126. The predicted octanol–water partition coefficient (Wildman–Crippen LogP) is 2.20. The van der Waals surface area contributed by atoms with Gasteiger partial charge in [0, 0.05) is 37.7 Å². The Morgan fingerprint density at radius 1 is 1.40 bits per heavy atom. The molecule has 0 aliphatic carbocycles. The van der Waals surface area contributed by atoms with E-state index in [1.54, 1.807) is 17.3 Å². The van der Waals surface area contributed by atoms with Crippen molar-refractivity contribution in [3.63, 3.8) is 0 Å². The average molecular weight is 340 g/mol. The number of pyridine rings is 1. The summed E-state index contributed by atoms with van der Waals surface area (Å²) in [6, 6.07) is 5.75. The molecule has 0 spiro atoms. The van der Waals surface area contributed by atoms with E-state index in [1.807, 2.05) is 32.0 Å². The molecular weight excluding hydrogens is 316 g/mol. The maximum atomic E-state index is 12.7. The first-order valence-corrected chi connectivity index (χ1v) is 8.66. The van der Waals surface area contributed by atoms with Crippen molar-refractivity contribution in [3.05, 3.63) is 53.1 Å². The molecule has 132 valence electrons. The number of carbonyl (C=O) groups excluding carboxylic acids is 2. The molecule has 1 aliphatic rings. The van der Waals surface area contributed by atoms with Crippen LogP contribution in [0.3, 0.4) is 0 Å². The number of H-pyrrole nitrogens is 1. The number of piperidine rings is 1. The lowest BCUT2D eigenvalue weighted by Gasteiger charge is -2.32. The zero-order chi connectivity index (χ0) is 17.8. The summed E-state index contributed by atoms with van der Waals surface area (Å²) in [4.78, 5) is 34.2. The van der Waals surface area contributed by atoms with E-state index in [-0.39, 0.29) is 17.7 Å². The third-order valence-corrected chi connectivity index (χ3v) is 4.63. The standard InChI is InChI=1S/C19H24N4O2/c1-13-9-14(2)22-17(13)19(25)23-8-4-6-16(12-23)18(24)21-11-15-5-3-7-20-10-15/h3,5,7,9-10,16,22H,4,6,8,11-12H2,1-2H3,(H,21,24)/t16-/m1/s1. The normalized spacial score (nSPS) is 17.4. The van der Waals surface area contributed by atoms with E-state index in [0.29, 0.717) is 25.3 Å². The first kappa shape index (κ1) is 17.2. The number of aromatic amines is 1. The Hall–Kier alpha value is -2.63. The zero-order valence-electron chi connectivity index (χ0n) is 14.7. The highest BCUT2D eigenvalue weighted by atomic mass is 16.2. The van der Waals surface area contributed by atoms with E-state index >= 15 is 0 Å². The minimum atomic E-state index is -0.161. The predicted molar refractivity (Wildman–Crippen MR) is 95.0 cm³/mol. The van der Waals surface area contributed by atoms with E-state index in [4.69, 9.17) is 0 Å². The fourth-order valence-electron chi connectivity index (χ4n) is 3.32. The molecule has 2 N–H and O–H groups in total. The number of nitrogens with one attached hydrogen (secondary N) is 2. The second-order valence-corrected chi connectivity index (χ2v) is 6.68. The van der Waals surface area contributed by atoms with Gasteiger partial charge in [0.2, 0.25) is 5.91 Å². The van der Waals surface area contributed by atoms with Gasteiger partial charge in [-0.05, 0) is 49.9 Å². The van der Waals surface area contributed by atoms with Crippen LogP contribution in [-0.4, -0.2) is 39.8 Å². The molecule has 0 bridgehead atoms. The molecule has 1 aliphatic heterocycles. The van der Waals surface area contributed by atoms with Crippen LogP contribution in [0.2, 0.25) is 0 Å². The van der Waals surface area contributed by atoms with Gasteiger partial charge in [0.1, 0.15) is 5.69 Å². The molecule has 0 unspecified atom stereocenters. The molecule has 0 aromatic carbocycles. The lowest BCUT2D eigenvalue weighted by atomic mass is 9.96. The van der Waals surface area contributed by atoms with Crippen LogP contribution in [0.25, 0.3) is 0 Å². The van der Waals surface area contributed by atoms with Gasteiger partial charge in [-0.2, -0.15) is 0 Å². The van der Waals surface area contributed by atoms with E-state index in [2.05, 4.69) is 15.3 Å². The molecule has 6 heteroatoms. The number of aryl methyl sites for hydroxylation is 2. The number of aromatic nitrogens is 2. The Morgan fingerprint density at radius 3 is 2.92 bits per heavy atom. The van der Waals surface area contributed by atoms with Crippen LogP contribution >= 0.6 is 0 Å². The Balaban J connectivity index is 1.59. The minimum absolute atomic E-state index is 0.000686. The molecule has 1 saturated heterocycles. The highest BCUT2D eigenvalue weighted by Crippen LogP contribution is 2.20. The number of nitrogens with zero attached hydrogens (tertiary/aromatic N) is 2. The summed E-state index contributed by atoms with van der Waals surface area (Å²) in [5.74, 6) is -0.179. The quantitative estimate of drug-likeness (QED) is 0.895. The molecule has 6 nitrogen and oxygen atoms in total. The van der Waals surface area contributed by atoms with Crippen molar-refractivity contribution in [2.24, 2.45) is 5.92 Å². The van der Waals surface area contributed by atoms with E-state index < -0.39 is 0 Å². The molecule has 25 heavy (non-hydrogen) atoms. The van der Waals surface area contributed by atoms with Crippen molar-refractivity contribution in [2.45, 2.75) is 33.2 Å². The number of carbonyl (C=O) groups is 2. The summed E-state index contributed by atoms with van der Waals surface area (Å²) in [5, 5.41) is 2.96. The van der Waals surface area contributed by atoms with Crippen molar-refractivity contribution < 1.29 is 9.59 Å². The summed E-state index contributed by atoms with van der Waals surface area (Å²) >= 11 is 0. The average Bonchev–Trinajstić information content (AvgIpc) is 2.98. The van der Waals surface area contributed by atoms with Gasteiger partial charge >= 0.3 is 0 Å². The molecule has 1 fully saturated rings. The topological polar surface area (TPSA) is 78.1 Å². The Labute approximate surface area is 147 Å². The van der Waals surface area contributed by atoms with Crippen LogP contribution in [0, 0.1) is 19.8 Å². The van der Waals surface area contributed by atoms with Gasteiger partial charge in [-0.15, -0.1) is 0 Å².